The van der Waals surface area contributed by atoms with E-state index in [0.29, 0.717) is 0 Å². The van der Waals surface area contributed by atoms with E-state index in [4.69, 9.17) is 0 Å². The van der Waals surface area contributed by atoms with Crippen molar-refractivity contribution in [1.82, 2.24) is 0 Å². The number of hydrogen-bond donors (Lipinski definition) is 0. The molecule has 3 heteroatoms. The molecule has 0 bridgehead atoms. The third kappa shape index (κ3) is 7.06. The predicted octanol–water partition coefficient (Wildman–Crippen LogP) is 4.84. The van der Waals surface area contributed by atoms with Crippen LogP contribution in [0, 0.1) is 27.7 Å². The van der Waals surface area contributed by atoms with Crippen molar-refractivity contribution < 1.29 is 46.1 Å². The van der Waals surface area contributed by atoms with Crippen LogP contribution in [0.4, 0.5) is 0 Å². The van der Waals surface area contributed by atoms with Crippen molar-refractivity contribution in [2.45, 2.75) is 99.8 Å². The minimum Gasteiger partial charge on any atom is -1.00 e. The van der Waals surface area contributed by atoms with Gasteiger partial charge in [-0.3, -0.25) is 0 Å². The molecule has 4 aromatic carbocycles. The van der Waals surface area contributed by atoms with Gasteiger partial charge in [0.15, 0.2) is 0 Å². The molecular formula is C44H50Cl2Zr. The fraction of sp³-hybridized carbons (Fsp3) is 0.341. The van der Waals surface area contributed by atoms with Gasteiger partial charge < -0.3 is 24.8 Å². The number of halogens is 2. The van der Waals surface area contributed by atoms with Crippen LogP contribution in [0.25, 0.3) is 11.1 Å². The zero-order chi connectivity index (χ0) is 32.4. The largest absolute Gasteiger partial charge is 1.00 e. The summed E-state index contributed by atoms with van der Waals surface area (Å²) in [6.07, 6.45) is 6.93. The van der Waals surface area contributed by atoms with Crippen molar-refractivity contribution in [2.24, 2.45) is 0 Å². The van der Waals surface area contributed by atoms with E-state index in [2.05, 4.69) is 155 Å². The van der Waals surface area contributed by atoms with E-state index >= 15 is 0 Å². The number of hydrogen-bond acceptors (Lipinski definition) is 0. The second-order valence-electron chi connectivity index (χ2n) is 15.7. The standard InChI is InChI=1S/C23H29.C15H14.C6H7.2ClH.Zr/c1-14-9-16-11-17-10-15(2)21(23(6,7)8)13-19(17)18(16)12-20(14)22(3,4)5;1-12-3-7-14(8-4-12)11-15-9-5-13(2)6-10-15;1-6-4-2-3-5-6;;;/h9,12-13H,11H2,1-8H3;3-10H,1-2H3;2,4H,3H2,1H3;2*1H;/q;;;;;+2/p-2. The Morgan fingerprint density at radius 1 is 0.638 bits per heavy atom. The first-order chi connectivity index (χ1) is 21.1. The van der Waals surface area contributed by atoms with Gasteiger partial charge in [-0.05, 0) is 0 Å². The maximum Gasteiger partial charge on any atom is -1.00 e. The topological polar surface area (TPSA) is 0 Å². The van der Waals surface area contributed by atoms with Gasteiger partial charge in [-0.1, -0.05) is 0 Å². The van der Waals surface area contributed by atoms with Gasteiger partial charge in [0.05, 0.1) is 0 Å². The van der Waals surface area contributed by atoms with Crippen molar-refractivity contribution in [1.29, 1.82) is 0 Å². The van der Waals surface area contributed by atoms with Gasteiger partial charge in [0, 0.05) is 0 Å². The van der Waals surface area contributed by atoms with Crippen molar-refractivity contribution in [3.8, 4) is 11.1 Å². The van der Waals surface area contributed by atoms with Gasteiger partial charge in [-0.15, -0.1) is 0 Å². The predicted molar refractivity (Wildman–Crippen MR) is 193 cm³/mol. The molecule has 2 aliphatic rings. The van der Waals surface area contributed by atoms with E-state index in [-0.39, 0.29) is 35.6 Å². The Morgan fingerprint density at radius 2 is 1.15 bits per heavy atom. The van der Waals surface area contributed by atoms with Gasteiger partial charge in [0.2, 0.25) is 0 Å². The van der Waals surface area contributed by atoms with Crippen LogP contribution in [-0.4, -0.2) is 3.21 Å². The average molecular weight is 741 g/mol. The summed E-state index contributed by atoms with van der Waals surface area (Å²) < 4.78 is 5.07. The summed E-state index contributed by atoms with van der Waals surface area (Å²) in [5, 5.41) is 0. The van der Waals surface area contributed by atoms with E-state index in [0.717, 1.165) is 12.8 Å². The fourth-order valence-corrected chi connectivity index (χ4v) is 16.6. The van der Waals surface area contributed by atoms with Crippen LogP contribution in [-0.2, 0) is 38.5 Å². The van der Waals surface area contributed by atoms with Gasteiger partial charge >= 0.3 is 282 Å². The molecule has 0 amide bonds. The molecule has 47 heavy (non-hydrogen) atoms. The maximum absolute atomic E-state index is 2.81. The number of allylic oxidation sites excluding steroid dienone is 4. The molecule has 0 aromatic heterocycles. The summed E-state index contributed by atoms with van der Waals surface area (Å²) in [4.78, 5) is 0. The molecule has 2 aliphatic carbocycles. The van der Waals surface area contributed by atoms with Crippen molar-refractivity contribution in [3.63, 3.8) is 0 Å². The Labute approximate surface area is 304 Å². The third-order valence-electron chi connectivity index (χ3n) is 10.1. The van der Waals surface area contributed by atoms with Crippen LogP contribution < -0.4 is 28.1 Å². The molecule has 4 aromatic rings. The first kappa shape index (κ1) is 37.5. The molecule has 0 nitrogen and oxygen atoms in total. The number of aryl methyl sites for hydroxylation is 3. The molecule has 0 saturated carbocycles. The SMILES string of the molecule is CC1=[C]([Zr+2](=[C](c2ccc(C)cc2)c2ccc(C)cc2)[c]2c(C)c(C(C)(C)C)cc3c2Cc2cc(C)c(C(C)(C)C)cc2-3)CC=C1.[Cl-].[Cl-]. The van der Waals surface area contributed by atoms with Gasteiger partial charge in [-0.25, -0.2) is 0 Å². The minimum absolute atomic E-state index is 0. The smallest absolute Gasteiger partial charge is 1.00 e. The molecule has 6 rings (SSSR count). The molecular weight excluding hydrogens is 691 g/mol. The maximum atomic E-state index is 2.59. The molecule has 0 spiro atoms. The second kappa shape index (κ2) is 13.9. The Bertz CT molecular complexity index is 1870. The number of rotatable bonds is 4. The molecule has 0 unspecified atom stereocenters. The second-order valence-corrected chi connectivity index (χ2v) is 21.5. The average Bonchev–Trinajstić information content (AvgIpc) is 3.54. The van der Waals surface area contributed by atoms with Crippen LogP contribution in [0.15, 0.2) is 87.7 Å². The van der Waals surface area contributed by atoms with E-state index < -0.39 is 21.3 Å². The van der Waals surface area contributed by atoms with Gasteiger partial charge in [-0.2, -0.15) is 0 Å². The summed E-state index contributed by atoms with van der Waals surface area (Å²) in [7, 11) is 0. The molecule has 0 aliphatic heterocycles. The van der Waals surface area contributed by atoms with Crippen LogP contribution in [0.1, 0.15) is 111 Å². The Morgan fingerprint density at radius 3 is 1.62 bits per heavy atom. The summed E-state index contributed by atoms with van der Waals surface area (Å²) in [6.45, 7) is 25.9. The monoisotopic (exact) mass is 738 g/mol. The first-order valence-electron chi connectivity index (χ1n) is 16.7. The quantitative estimate of drug-likeness (QED) is 0.248. The molecule has 0 fully saturated rings. The van der Waals surface area contributed by atoms with E-state index in [1.165, 1.54) is 61.2 Å². The molecule has 0 saturated heterocycles. The van der Waals surface area contributed by atoms with Crippen LogP contribution >= 0.6 is 0 Å². The molecule has 0 heterocycles. The van der Waals surface area contributed by atoms with Crippen molar-refractivity contribution in [2.75, 3.05) is 0 Å². The number of fused-ring (bicyclic) bond motifs is 3. The van der Waals surface area contributed by atoms with E-state index in [1.807, 2.05) is 0 Å². The fourth-order valence-electron chi connectivity index (χ4n) is 7.78. The summed E-state index contributed by atoms with van der Waals surface area (Å²) in [6, 6.07) is 26.5. The number of benzene rings is 4. The van der Waals surface area contributed by atoms with E-state index in [9.17, 15) is 0 Å². The minimum atomic E-state index is -2.81. The van der Waals surface area contributed by atoms with Crippen LogP contribution in [0.2, 0.25) is 0 Å². The van der Waals surface area contributed by atoms with Crippen molar-refractivity contribution in [3.05, 3.63) is 143 Å². The zero-order valence-corrected chi connectivity index (χ0v) is 34.1. The summed E-state index contributed by atoms with van der Waals surface area (Å²) >= 11 is -2.81. The van der Waals surface area contributed by atoms with E-state index in [1.54, 1.807) is 20.9 Å². The molecule has 0 radical (unpaired) electrons. The normalized spacial score (nSPS) is 13.4. The molecule has 0 N–H and O–H groups in total. The summed E-state index contributed by atoms with van der Waals surface area (Å²) in [5.41, 5.74) is 19.1. The molecule has 244 valence electrons. The van der Waals surface area contributed by atoms with Gasteiger partial charge in [0.25, 0.3) is 0 Å². The first-order valence-corrected chi connectivity index (χ1v) is 20.4. The zero-order valence-electron chi connectivity index (χ0n) is 30.2. The van der Waals surface area contributed by atoms with Crippen LogP contribution in [0.5, 0.6) is 0 Å². The summed E-state index contributed by atoms with van der Waals surface area (Å²) in [5.74, 6) is 0. The Kier molecular flexibility index (Phi) is 11.1. The van der Waals surface area contributed by atoms with Crippen molar-refractivity contribution >= 4 is 6.48 Å². The Balaban J connectivity index is 0.00000250. The Hall–Kier alpha value is -2.31. The third-order valence-corrected chi connectivity index (χ3v) is 18.6. The van der Waals surface area contributed by atoms with Gasteiger partial charge in [0.1, 0.15) is 0 Å². The molecule has 0 atom stereocenters. The van der Waals surface area contributed by atoms with Crippen LogP contribution in [0.3, 0.4) is 0 Å².